The molecule has 0 bridgehead atoms. The van der Waals surface area contributed by atoms with Crippen molar-refractivity contribution in [1.82, 2.24) is 19.6 Å². The Balaban J connectivity index is 2.36. The van der Waals surface area contributed by atoms with Gasteiger partial charge in [-0.3, -0.25) is 9.48 Å². The number of nitrogens with zero attached hydrogens (tertiary/aromatic N) is 4. The molecule has 6 nitrogen and oxygen atoms in total. The highest BCUT2D eigenvalue weighted by atomic mass is 16.2. The number of rotatable bonds is 1. The molecule has 0 fully saturated rings. The predicted molar refractivity (Wildman–Crippen MR) is 54.3 cm³/mol. The van der Waals surface area contributed by atoms with Crippen LogP contribution in [0.25, 0.3) is 0 Å². The first kappa shape index (κ1) is 9.45. The van der Waals surface area contributed by atoms with Crippen molar-refractivity contribution < 1.29 is 4.79 Å². The van der Waals surface area contributed by atoms with Crippen molar-refractivity contribution >= 4 is 11.7 Å². The van der Waals surface area contributed by atoms with Crippen LogP contribution in [0.2, 0.25) is 0 Å². The highest BCUT2D eigenvalue weighted by molar-refractivity contribution is 5.94. The highest BCUT2D eigenvalue weighted by Crippen LogP contribution is 2.06. The molecule has 2 heterocycles. The molecule has 6 heteroatoms. The van der Waals surface area contributed by atoms with Crippen LogP contribution in [0, 0.1) is 6.92 Å². The zero-order chi connectivity index (χ0) is 11.0. The zero-order valence-electron chi connectivity index (χ0n) is 8.51. The van der Waals surface area contributed by atoms with Crippen molar-refractivity contribution in [2.45, 2.75) is 6.92 Å². The van der Waals surface area contributed by atoms with E-state index in [9.17, 15) is 4.79 Å². The minimum absolute atomic E-state index is 0.282. The standard InChI is InChI=1S/C9H11N5O/c1-6-4-11-14(5-6)9(15)7-3-8(10)13(2)12-7/h3-5H,10H2,1-2H3. The van der Waals surface area contributed by atoms with Crippen LogP contribution in [-0.2, 0) is 7.05 Å². The second kappa shape index (κ2) is 3.23. The lowest BCUT2D eigenvalue weighted by atomic mass is 10.4. The monoisotopic (exact) mass is 205 g/mol. The molecule has 0 unspecified atom stereocenters. The van der Waals surface area contributed by atoms with E-state index in [0.717, 1.165) is 5.56 Å². The van der Waals surface area contributed by atoms with Gasteiger partial charge in [0, 0.05) is 19.3 Å². The van der Waals surface area contributed by atoms with E-state index >= 15 is 0 Å². The third kappa shape index (κ3) is 1.61. The first-order valence-electron chi connectivity index (χ1n) is 4.43. The fourth-order valence-corrected chi connectivity index (χ4v) is 1.23. The second-order valence-corrected chi connectivity index (χ2v) is 3.35. The number of nitrogens with two attached hydrogens (primary N) is 1. The Labute approximate surface area is 86.3 Å². The Morgan fingerprint density at radius 3 is 2.73 bits per heavy atom. The van der Waals surface area contributed by atoms with E-state index in [-0.39, 0.29) is 11.6 Å². The summed E-state index contributed by atoms with van der Waals surface area (Å²) in [6.07, 6.45) is 3.26. The lowest BCUT2D eigenvalue weighted by Gasteiger charge is -1.94. The van der Waals surface area contributed by atoms with Crippen molar-refractivity contribution in [3.05, 3.63) is 29.7 Å². The zero-order valence-corrected chi connectivity index (χ0v) is 8.51. The number of hydrogen-bond donors (Lipinski definition) is 1. The van der Waals surface area contributed by atoms with Crippen molar-refractivity contribution in [2.24, 2.45) is 7.05 Å². The van der Waals surface area contributed by atoms with Crippen LogP contribution >= 0.6 is 0 Å². The van der Waals surface area contributed by atoms with Crippen LogP contribution in [0.5, 0.6) is 0 Å². The number of aryl methyl sites for hydroxylation is 2. The molecule has 2 aromatic heterocycles. The number of nitrogen functional groups attached to an aromatic ring is 1. The molecule has 0 spiro atoms. The molecule has 0 aromatic carbocycles. The minimum atomic E-state index is -0.282. The number of anilines is 1. The summed E-state index contributed by atoms with van der Waals surface area (Å²) < 4.78 is 2.70. The molecule has 0 aliphatic carbocycles. The summed E-state index contributed by atoms with van der Waals surface area (Å²) in [5.41, 5.74) is 6.79. The maximum absolute atomic E-state index is 11.8. The van der Waals surface area contributed by atoms with E-state index < -0.39 is 0 Å². The van der Waals surface area contributed by atoms with Gasteiger partial charge < -0.3 is 5.73 Å². The van der Waals surface area contributed by atoms with Gasteiger partial charge in [0.15, 0.2) is 5.69 Å². The summed E-state index contributed by atoms with van der Waals surface area (Å²) in [6.45, 7) is 1.86. The molecule has 0 aliphatic heterocycles. The largest absolute Gasteiger partial charge is 0.384 e. The Hall–Kier alpha value is -2.11. The van der Waals surface area contributed by atoms with Crippen molar-refractivity contribution in [3.8, 4) is 0 Å². The molecule has 0 saturated heterocycles. The van der Waals surface area contributed by atoms with Crippen LogP contribution in [0.3, 0.4) is 0 Å². The van der Waals surface area contributed by atoms with Gasteiger partial charge in [0.1, 0.15) is 5.82 Å². The van der Waals surface area contributed by atoms with E-state index in [1.165, 1.54) is 15.4 Å². The topological polar surface area (TPSA) is 78.7 Å². The van der Waals surface area contributed by atoms with E-state index in [4.69, 9.17) is 5.73 Å². The average molecular weight is 205 g/mol. The quantitative estimate of drug-likeness (QED) is 0.721. The van der Waals surface area contributed by atoms with Gasteiger partial charge >= 0.3 is 0 Å². The van der Waals surface area contributed by atoms with Gasteiger partial charge in [-0.25, -0.2) is 4.68 Å². The lowest BCUT2D eigenvalue weighted by Crippen LogP contribution is -2.13. The first-order valence-corrected chi connectivity index (χ1v) is 4.43. The normalized spacial score (nSPS) is 10.5. The van der Waals surface area contributed by atoms with Gasteiger partial charge in [-0.1, -0.05) is 0 Å². The van der Waals surface area contributed by atoms with Gasteiger partial charge in [-0.2, -0.15) is 10.2 Å². The van der Waals surface area contributed by atoms with Gasteiger partial charge in [0.25, 0.3) is 5.91 Å². The summed E-state index contributed by atoms with van der Waals surface area (Å²) in [5.74, 6) is 0.164. The van der Waals surface area contributed by atoms with Crippen LogP contribution in [-0.4, -0.2) is 25.5 Å². The van der Waals surface area contributed by atoms with Crippen molar-refractivity contribution in [2.75, 3.05) is 5.73 Å². The molecule has 0 aliphatic rings. The summed E-state index contributed by atoms with van der Waals surface area (Å²) in [5, 5.41) is 7.89. The summed E-state index contributed by atoms with van der Waals surface area (Å²) >= 11 is 0. The van der Waals surface area contributed by atoms with Gasteiger partial charge in [0.05, 0.1) is 6.20 Å². The van der Waals surface area contributed by atoms with Crippen molar-refractivity contribution in [3.63, 3.8) is 0 Å². The lowest BCUT2D eigenvalue weighted by molar-refractivity contribution is 0.0939. The number of hydrogen-bond acceptors (Lipinski definition) is 4. The third-order valence-corrected chi connectivity index (χ3v) is 2.05. The Morgan fingerprint density at radius 1 is 1.53 bits per heavy atom. The molecule has 0 radical (unpaired) electrons. The molecule has 2 rings (SSSR count). The highest BCUT2D eigenvalue weighted by Gasteiger charge is 2.13. The van der Waals surface area contributed by atoms with Gasteiger partial charge in [-0.05, 0) is 12.5 Å². The minimum Gasteiger partial charge on any atom is -0.384 e. The van der Waals surface area contributed by atoms with E-state index in [0.29, 0.717) is 5.82 Å². The molecule has 0 atom stereocenters. The fourth-order valence-electron chi connectivity index (χ4n) is 1.23. The molecule has 0 amide bonds. The summed E-state index contributed by atoms with van der Waals surface area (Å²) in [6, 6.07) is 1.53. The molecular formula is C9H11N5O. The van der Waals surface area contributed by atoms with Gasteiger partial charge in [0.2, 0.25) is 0 Å². The molecule has 2 N–H and O–H groups in total. The Bertz CT molecular complexity index is 491. The van der Waals surface area contributed by atoms with Crippen LogP contribution in [0.4, 0.5) is 5.82 Å². The predicted octanol–water partition coefficient (Wildman–Crippen LogP) is 0.196. The summed E-state index contributed by atoms with van der Waals surface area (Å²) in [7, 11) is 1.68. The molecule has 15 heavy (non-hydrogen) atoms. The molecule has 78 valence electrons. The fraction of sp³-hybridized carbons (Fsp3) is 0.222. The average Bonchev–Trinajstić information content (AvgIpc) is 2.74. The van der Waals surface area contributed by atoms with Crippen molar-refractivity contribution in [1.29, 1.82) is 0 Å². The van der Waals surface area contributed by atoms with E-state index in [1.807, 2.05) is 6.92 Å². The van der Waals surface area contributed by atoms with E-state index in [1.54, 1.807) is 19.4 Å². The number of carbonyl (C=O) groups is 1. The number of aromatic nitrogens is 4. The molecule has 2 aromatic rings. The second-order valence-electron chi connectivity index (χ2n) is 3.35. The van der Waals surface area contributed by atoms with Crippen LogP contribution in [0.15, 0.2) is 18.5 Å². The van der Waals surface area contributed by atoms with E-state index in [2.05, 4.69) is 10.2 Å². The van der Waals surface area contributed by atoms with Gasteiger partial charge in [-0.15, -0.1) is 0 Å². The van der Waals surface area contributed by atoms with Crippen LogP contribution < -0.4 is 5.73 Å². The Morgan fingerprint density at radius 2 is 2.27 bits per heavy atom. The molecule has 0 saturated carbocycles. The Kier molecular flexibility index (Phi) is 2.03. The molecular weight excluding hydrogens is 194 g/mol. The number of carbonyl (C=O) groups excluding carboxylic acids is 1. The maximum Gasteiger partial charge on any atom is 0.298 e. The first-order chi connectivity index (χ1) is 7.08. The van der Waals surface area contributed by atoms with Crippen LogP contribution in [0.1, 0.15) is 16.1 Å². The SMILES string of the molecule is Cc1cnn(C(=O)c2cc(N)n(C)n2)c1. The smallest absolute Gasteiger partial charge is 0.298 e. The maximum atomic E-state index is 11.8. The summed E-state index contributed by atoms with van der Waals surface area (Å²) in [4.78, 5) is 11.8. The third-order valence-electron chi connectivity index (χ3n) is 2.05.